The van der Waals surface area contributed by atoms with Gasteiger partial charge in [-0.3, -0.25) is 10.3 Å². The number of thiazole rings is 1. The molecule has 3 aromatic rings. The zero-order valence-corrected chi connectivity index (χ0v) is 17.9. The smallest absolute Gasteiger partial charge is 0.432 e. The maximum Gasteiger partial charge on any atom is 0.432 e. The van der Waals surface area contributed by atoms with E-state index in [1.807, 2.05) is 0 Å². The van der Waals surface area contributed by atoms with Crippen molar-refractivity contribution in [3.63, 3.8) is 0 Å². The molecule has 176 valence electrons. The zero-order chi connectivity index (χ0) is 23.8. The van der Waals surface area contributed by atoms with Crippen LogP contribution in [0.4, 0.5) is 23.1 Å². The molecule has 10 nitrogen and oxygen atoms in total. The second-order valence-electron chi connectivity index (χ2n) is 7.29. The number of carbonyl (C=O) groups is 1. The molecule has 1 fully saturated rings. The minimum atomic E-state index is -4.51. The molecular formula is C19H18F3N5O5S. The van der Waals surface area contributed by atoms with Gasteiger partial charge in [0.25, 0.3) is 0 Å². The van der Waals surface area contributed by atoms with Crippen LogP contribution in [0, 0.1) is 0 Å². The number of nitrogens with one attached hydrogen (secondary N) is 2. The van der Waals surface area contributed by atoms with Crippen LogP contribution in [0.15, 0.2) is 29.1 Å². The van der Waals surface area contributed by atoms with Gasteiger partial charge < -0.3 is 14.7 Å². The van der Waals surface area contributed by atoms with Gasteiger partial charge in [-0.1, -0.05) is 23.5 Å². The summed E-state index contributed by atoms with van der Waals surface area (Å²) in [6, 6.07) is 4.57. The number of aromatic nitrogens is 3. The van der Waals surface area contributed by atoms with E-state index in [4.69, 9.17) is 9.57 Å². The fourth-order valence-electron chi connectivity index (χ4n) is 3.46. The predicted octanol–water partition coefficient (Wildman–Crippen LogP) is 2.85. The number of amides is 1. The van der Waals surface area contributed by atoms with Crippen molar-refractivity contribution in [2.75, 3.05) is 25.5 Å². The Balaban J connectivity index is 1.38. The number of hydrogen-bond donors (Lipinski definition) is 3. The average molecular weight is 485 g/mol. The number of H-pyrrole nitrogens is 1. The Morgan fingerprint density at radius 1 is 1.30 bits per heavy atom. The molecule has 4 rings (SSSR count). The number of aliphatic hydroxyl groups is 1. The van der Waals surface area contributed by atoms with Gasteiger partial charge in [0, 0.05) is 13.1 Å². The van der Waals surface area contributed by atoms with Gasteiger partial charge in [-0.15, -0.1) is 5.06 Å². The molecular weight excluding hydrogens is 467 g/mol. The number of halogens is 3. The third-order valence-corrected chi connectivity index (χ3v) is 6.01. The van der Waals surface area contributed by atoms with Crippen LogP contribution in [0.1, 0.15) is 24.0 Å². The molecule has 0 atom stereocenters. The van der Waals surface area contributed by atoms with E-state index in [9.17, 15) is 27.9 Å². The lowest BCUT2D eigenvalue weighted by Gasteiger charge is -2.37. The van der Waals surface area contributed by atoms with Crippen LogP contribution in [-0.4, -0.2) is 51.4 Å². The predicted molar refractivity (Wildman–Crippen MR) is 111 cm³/mol. The Bertz CT molecular complexity index is 1240. The summed E-state index contributed by atoms with van der Waals surface area (Å²) in [6.07, 6.45) is -5.25. The SMILES string of the molecule is COc1[nH]c(=O)nc2sc(NC(=O)ON3CCC(O)(c4cccc(C(F)(F)F)c4)CC3)nc12. The number of hydrogen-bond acceptors (Lipinski definition) is 9. The number of nitrogens with zero attached hydrogens (tertiary/aromatic N) is 3. The molecule has 14 heteroatoms. The Hall–Kier alpha value is -3.23. The van der Waals surface area contributed by atoms with E-state index in [0.29, 0.717) is 0 Å². The fraction of sp³-hybridized carbons (Fsp3) is 0.368. The molecule has 1 aliphatic rings. The lowest BCUT2D eigenvalue weighted by atomic mass is 9.84. The van der Waals surface area contributed by atoms with Crippen LogP contribution in [0.2, 0.25) is 0 Å². The van der Waals surface area contributed by atoms with E-state index in [0.717, 1.165) is 23.5 Å². The maximum atomic E-state index is 13.0. The summed E-state index contributed by atoms with van der Waals surface area (Å²) in [4.78, 5) is 39.5. The van der Waals surface area contributed by atoms with Crippen molar-refractivity contribution in [3.8, 4) is 5.88 Å². The standard InChI is InChI=1S/C19H18F3N5O5S/c1-31-13-12-14(25-15(28)24-13)33-16(23-12)26-17(29)32-27-7-5-18(30,6-8-27)10-3-2-4-11(9-10)19(20,21)22/h2-4,9,30H,5-8H2,1H3,(H,23,26,29)(H,24,25,28). The molecule has 3 heterocycles. The van der Waals surface area contributed by atoms with Crippen molar-refractivity contribution in [1.29, 1.82) is 0 Å². The van der Waals surface area contributed by atoms with E-state index in [1.165, 1.54) is 24.3 Å². The first-order valence-electron chi connectivity index (χ1n) is 9.66. The number of benzene rings is 1. The summed E-state index contributed by atoms with van der Waals surface area (Å²) in [7, 11) is 1.35. The van der Waals surface area contributed by atoms with Crippen molar-refractivity contribution in [2.45, 2.75) is 24.6 Å². The van der Waals surface area contributed by atoms with Gasteiger partial charge in [-0.2, -0.15) is 18.2 Å². The Morgan fingerprint density at radius 2 is 2.03 bits per heavy atom. The second-order valence-corrected chi connectivity index (χ2v) is 8.27. The average Bonchev–Trinajstić information content (AvgIpc) is 3.16. The molecule has 0 radical (unpaired) electrons. The molecule has 1 aliphatic heterocycles. The number of anilines is 1. The Labute approximate surface area is 187 Å². The highest BCUT2D eigenvalue weighted by atomic mass is 32.1. The lowest BCUT2D eigenvalue weighted by molar-refractivity contribution is -0.149. The molecule has 0 bridgehead atoms. The van der Waals surface area contributed by atoms with E-state index < -0.39 is 29.1 Å². The summed E-state index contributed by atoms with van der Waals surface area (Å²) in [5.74, 6) is 0.104. The maximum absolute atomic E-state index is 13.0. The topological polar surface area (TPSA) is 130 Å². The minimum Gasteiger partial charge on any atom is -0.481 e. The van der Waals surface area contributed by atoms with Crippen LogP contribution in [0.5, 0.6) is 5.88 Å². The number of aromatic amines is 1. The number of alkyl halides is 3. The minimum absolute atomic E-state index is 0.0615. The largest absolute Gasteiger partial charge is 0.481 e. The highest BCUT2D eigenvalue weighted by Crippen LogP contribution is 2.37. The van der Waals surface area contributed by atoms with Gasteiger partial charge in [0.15, 0.2) is 15.5 Å². The molecule has 0 unspecified atom stereocenters. The van der Waals surface area contributed by atoms with E-state index >= 15 is 0 Å². The summed E-state index contributed by atoms with van der Waals surface area (Å²) in [6.45, 7) is 0.202. The molecule has 2 aromatic heterocycles. The van der Waals surface area contributed by atoms with Crippen molar-refractivity contribution < 1.29 is 32.6 Å². The Kier molecular flexibility index (Phi) is 5.99. The number of fused-ring (bicyclic) bond motifs is 1. The third kappa shape index (κ3) is 4.91. The number of piperidine rings is 1. The zero-order valence-electron chi connectivity index (χ0n) is 17.1. The third-order valence-electron chi connectivity index (χ3n) is 5.15. The Morgan fingerprint density at radius 3 is 2.70 bits per heavy atom. The summed E-state index contributed by atoms with van der Waals surface area (Å²) in [5.41, 5.74) is -2.51. The van der Waals surface area contributed by atoms with Gasteiger partial charge in [-0.25, -0.2) is 14.6 Å². The lowest BCUT2D eigenvalue weighted by Crippen LogP contribution is -2.44. The first-order chi connectivity index (χ1) is 15.6. The summed E-state index contributed by atoms with van der Waals surface area (Å²) >= 11 is 0.947. The molecule has 0 saturated carbocycles. The summed E-state index contributed by atoms with van der Waals surface area (Å²) in [5, 5.41) is 14.7. The molecule has 3 N–H and O–H groups in total. The van der Waals surface area contributed by atoms with Crippen LogP contribution in [-0.2, 0) is 16.6 Å². The molecule has 1 saturated heterocycles. The summed E-state index contributed by atoms with van der Waals surface area (Å²) < 4.78 is 44.0. The highest BCUT2D eigenvalue weighted by Gasteiger charge is 2.38. The van der Waals surface area contributed by atoms with Crippen LogP contribution in [0.3, 0.4) is 0 Å². The van der Waals surface area contributed by atoms with Crippen LogP contribution in [0.25, 0.3) is 10.3 Å². The van der Waals surface area contributed by atoms with Crippen LogP contribution >= 0.6 is 11.3 Å². The number of rotatable bonds is 4. The molecule has 0 aliphatic carbocycles. The quantitative estimate of drug-likeness (QED) is 0.515. The van der Waals surface area contributed by atoms with Crippen molar-refractivity contribution in [1.82, 2.24) is 20.0 Å². The second kappa shape index (κ2) is 8.61. The molecule has 1 aromatic carbocycles. The highest BCUT2D eigenvalue weighted by molar-refractivity contribution is 7.22. The van der Waals surface area contributed by atoms with Crippen LogP contribution < -0.4 is 15.7 Å². The van der Waals surface area contributed by atoms with Crippen molar-refractivity contribution in [3.05, 3.63) is 45.9 Å². The van der Waals surface area contributed by atoms with Gasteiger partial charge in [0.1, 0.15) is 0 Å². The molecule has 1 amide bonds. The number of hydroxylamine groups is 2. The van der Waals surface area contributed by atoms with E-state index in [2.05, 4.69) is 20.3 Å². The monoisotopic (exact) mass is 485 g/mol. The molecule has 0 spiro atoms. The van der Waals surface area contributed by atoms with Gasteiger partial charge in [-0.05, 0) is 30.5 Å². The van der Waals surface area contributed by atoms with Crippen molar-refractivity contribution >= 4 is 32.9 Å². The van der Waals surface area contributed by atoms with E-state index in [1.54, 1.807) is 0 Å². The van der Waals surface area contributed by atoms with Gasteiger partial charge in [0.05, 0.1) is 18.3 Å². The fourth-order valence-corrected chi connectivity index (χ4v) is 4.28. The normalized spacial score (nSPS) is 16.5. The first-order valence-corrected chi connectivity index (χ1v) is 10.5. The van der Waals surface area contributed by atoms with Gasteiger partial charge in [0.2, 0.25) is 5.88 Å². The van der Waals surface area contributed by atoms with Gasteiger partial charge >= 0.3 is 18.0 Å². The number of carbonyl (C=O) groups excluding carboxylic acids is 1. The number of ether oxygens (including phenoxy) is 1. The number of methoxy groups -OCH3 is 1. The molecule has 33 heavy (non-hydrogen) atoms. The van der Waals surface area contributed by atoms with E-state index in [-0.39, 0.29) is 52.9 Å². The van der Waals surface area contributed by atoms with Crippen molar-refractivity contribution in [2.24, 2.45) is 0 Å². The first kappa shape index (κ1) is 22.9.